The van der Waals surface area contributed by atoms with Gasteiger partial charge < -0.3 is 10.1 Å². The van der Waals surface area contributed by atoms with E-state index >= 15 is 0 Å². The lowest BCUT2D eigenvalue weighted by Crippen LogP contribution is -2.39. The van der Waals surface area contributed by atoms with Crippen molar-refractivity contribution < 1.29 is 4.74 Å². The van der Waals surface area contributed by atoms with E-state index in [0.29, 0.717) is 17.7 Å². The molecule has 18 heavy (non-hydrogen) atoms. The third-order valence-corrected chi connectivity index (χ3v) is 3.12. The quantitative estimate of drug-likeness (QED) is 0.874. The Morgan fingerprint density at radius 3 is 2.39 bits per heavy atom. The molecule has 102 valence electrons. The lowest BCUT2D eigenvalue weighted by atomic mass is 9.92. The van der Waals surface area contributed by atoms with Crippen molar-refractivity contribution in [2.75, 3.05) is 13.7 Å². The van der Waals surface area contributed by atoms with Crippen molar-refractivity contribution in [1.29, 1.82) is 0 Å². The van der Waals surface area contributed by atoms with E-state index in [1.54, 1.807) is 19.5 Å². The molecule has 4 heteroatoms. The van der Waals surface area contributed by atoms with Gasteiger partial charge in [-0.15, -0.1) is 0 Å². The molecular formula is C14H25N3O. The van der Waals surface area contributed by atoms with Gasteiger partial charge in [-0.05, 0) is 33.2 Å². The smallest absolute Gasteiger partial charge is 0.235 e. The molecule has 0 bridgehead atoms. The van der Waals surface area contributed by atoms with E-state index in [1.165, 1.54) is 0 Å². The van der Waals surface area contributed by atoms with Gasteiger partial charge in [0, 0.05) is 23.9 Å². The van der Waals surface area contributed by atoms with Gasteiger partial charge in [0.1, 0.15) is 5.69 Å². The molecule has 1 rings (SSSR count). The average Bonchev–Trinajstić information content (AvgIpc) is 2.34. The minimum absolute atomic E-state index is 0.139. The highest BCUT2D eigenvalue weighted by Gasteiger charge is 2.21. The van der Waals surface area contributed by atoms with Gasteiger partial charge in [-0.25, -0.2) is 4.98 Å². The SMILES string of the molecule is COc1nccnc1C(C)C(C)CNC(C)(C)C. The van der Waals surface area contributed by atoms with Crippen LogP contribution < -0.4 is 10.1 Å². The summed E-state index contributed by atoms with van der Waals surface area (Å²) in [4.78, 5) is 8.60. The van der Waals surface area contributed by atoms with Gasteiger partial charge in [0.2, 0.25) is 5.88 Å². The second-order valence-corrected chi connectivity index (χ2v) is 5.85. The first-order valence-electron chi connectivity index (χ1n) is 6.45. The summed E-state index contributed by atoms with van der Waals surface area (Å²) in [6.07, 6.45) is 3.38. The highest BCUT2D eigenvalue weighted by Crippen LogP contribution is 2.27. The van der Waals surface area contributed by atoms with Crippen molar-refractivity contribution in [1.82, 2.24) is 15.3 Å². The van der Waals surface area contributed by atoms with Crippen LogP contribution in [0.5, 0.6) is 5.88 Å². The molecule has 1 heterocycles. The van der Waals surface area contributed by atoms with Crippen LogP contribution in [0.1, 0.15) is 46.2 Å². The fourth-order valence-electron chi connectivity index (χ4n) is 1.72. The second-order valence-electron chi connectivity index (χ2n) is 5.85. The Morgan fingerprint density at radius 2 is 1.83 bits per heavy atom. The molecule has 0 saturated carbocycles. The number of methoxy groups -OCH3 is 1. The monoisotopic (exact) mass is 251 g/mol. The van der Waals surface area contributed by atoms with Crippen molar-refractivity contribution in [2.24, 2.45) is 5.92 Å². The minimum atomic E-state index is 0.139. The third kappa shape index (κ3) is 4.26. The van der Waals surface area contributed by atoms with Gasteiger partial charge in [0.05, 0.1) is 7.11 Å². The summed E-state index contributed by atoms with van der Waals surface area (Å²) in [5.41, 5.74) is 1.07. The third-order valence-electron chi connectivity index (χ3n) is 3.12. The number of ether oxygens (including phenoxy) is 1. The molecule has 0 aliphatic carbocycles. The van der Waals surface area contributed by atoms with Crippen LogP contribution >= 0.6 is 0 Å². The lowest BCUT2D eigenvalue weighted by Gasteiger charge is -2.26. The summed E-state index contributed by atoms with van der Waals surface area (Å²) in [6.45, 7) is 11.9. The molecule has 1 aromatic rings. The normalized spacial score (nSPS) is 15.2. The molecule has 1 aromatic heterocycles. The lowest BCUT2D eigenvalue weighted by molar-refractivity contribution is 0.342. The summed E-state index contributed by atoms with van der Waals surface area (Å²) in [5.74, 6) is 1.41. The van der Waals surface area contributed by atoms with E-state index in [9.17, 15) is 0 Å². The first-order chi connectivity index (χ1) is 8.35. The van der Waals surface area contributed by atoms with Crippen molar-refractivity contribution in [2.45, 2.75) is 46.1 Å². The molecule has 1 N–H and O–H groups in total. The Balaban J connectivity index is 2.71. The van der Waals surface area contributed by atoms with Crippen molar-refractivity contribution in [3.63, 3.8) is 0 Å². The Labute approximate surface area is 110 Å². The van der Waals surface area contributed by atoms with Crippen LogP contribution in [0.4, 0.5) is 0 Å². The predicted octanol–water partition coefficient (Wildman–Crippen LogP) is 2.61. The molecule has 0 aliphatic heterocycles. The van der Waals surface area contributed by atoms with Crippen LogP contribution in [0.3, 0.4) is 0 Å². The van der Waals surface area contributed by atoms with Crippen LogP contribution in [0.2, 0.25) is 0 Å². The molecule has 4 nitrogen and oxygen atoms in total. The van der Waals surface area contributed by atoms with E-state index in [1.807, 2.05) is 0 Å². The standard InChI is InChI=1S/C14H25N3O/c1-10(9-17-14(3,4)5)11(2)12-13(18-6)16-8-7-15-12/h7-8,10-11,17H,9H2,1-6H3. The molecule has 0 spiro atoms. The van der Waals surface area contributed by atoms with Crippen LogP contribution in [-0.2, 0) is 0 Å². The topological polar surface area (TPSA) is 47.0 Å². The molecular weight excluding hydrogens is 226 g/mol. The summed E-state index contributed by atoms with van der Waals surface area (Å²) in [6, 6.07) is 0. The second kappa shape index (κ2) is 6.14. The largest absolute Gasteiger partial charge is 0.480 e. The number of nitrogens with one attached hydrogen (secondary N) is 1. The number of rotatable bonds is 5. The Bertz CT molecular complexity index is 374. The van der Waals surface area contributed by atoms with Gasteiger partial charge >= 0.3 is 0 Å². The van der Waals surface area contributed by atoms with Gasteiger partial charge in [-0.3, -0.25) is 4.98 Å². The molecule has 0 aromatic carbocycles. The maximum atomic E-state index is 5.27. The number of hydrogen-bond donors (Lipinski definition) is 1. The molecule has 2 atom stereocenters. The Hall–Kier alpha value is -1.16. The summed E-state index contributed by atoms with van der Waals surface area (Å²) < 4.78 is 5.27. The van der Waals surface area contributed by atoms with Gasteiger partial charge in [-0.1, -0.05) is 13.8 Å². The molecule has 2 unspecified atom stereocenters. The number of hydrogen-bond acceptors (Lipinski definition) is 4. The van der Waals surface area contributed by atoms with E-state index < -0.39 is 0 Å². The maximum absolute atomic E-state index is 5.27. The van der Waals surface area contributed by atoms with Gasteiger partial charge in [0.15, 0.2) is 0 Å². The van der Waals surface area contributed by atoms with Crippen molar-refractivity contribution >= 4 is 0 Å². The first kappa shape index (κ1) is 14.9. The highest BCUT2D eigenvalue weighted by molar-refractivity contribution is 5.21. The van der Waals surface area contributed by atoms with E-state index in [2.05, 4.69) is 49.9 Å². The Kier molecular flexibility index (Phi) is 5.08. The highest BCUT2D eigenvalue weighted by atomic mass is 16.5. The fraction of sp³-hybridized carbons (Fsp3) is 0.714. The molecule has 0 amide bonds. The van der Waals surface area contributed by atoms with Crippen molar-refractivity contribution in [3.8, 4) is 5.88 Å². The first-order valence-corrected chi connectivity index (χ1v) is 6.45. The minimum Gasteiger partial charge on any atom is -0.480 e. The van der Waals surface area contributed by atoms with Crippen LogP contribution in [0, 0.1) is 5.92 Å². The van der Waals surface area contributed by atoms with E-state index in [-0.39, 0.29) is 5.54 Å². The fourth-order valence-corrected chi connectivity index (χ4v) is 1.72. The zero-order chi connectivity index (χ0) is 13.8. The predicted molar refractivity (Wildman–Crippen MR) is 73.9 cm³/mol. The average molecular weight is 251 g/mol. The van der Waals surface area contributed by atoms with Crippen LogP contribution in [0.25, 0.3) is 0 Å². The summed E-state index contributed by atoms with van der Waals surface area (Å²) >= 11 is 0. The van der Waals surface area contributed by atoms with Gasteiger partial charge in [-0.2, -0.15) is 0 Å². The van der Waals surface area contributed by atoms with Crippen LogP contribution in [0.15, 0.2) is 12.4 Å². The van der Waals surface area contributed by atoms with E-state index in [4.69, 9.17) is 4.74 Å². The Morgan fingerprint density at radius 1 is 1.22 bits per heavy atom. The van der Waals surface area contributed by atoms with Crippen LogP contribution in [-0.4, -0.2) is 29.2 Å². The molecule has 0 radical (unpaired) electrons. The molecule has 0 fully saturated rings. The summed E-state index contributed by atoms with van der Waals surface area (Å²) in [5, 5.41) is 3.52. The maximum Gasteiger partial charge on any atom is 0.235 e. The molecule has 0 aliphatic rings. The summed E-state index contributed by atoms with van der Waals surface area (Å²) in [7, 11) is 1.64. The zero-order valence-corrected chi connectivity index (χ0v) is 12.3. The number of aromatic nitrogens is 2. The zero-order valence-electron chi connectivity index (χ0n) is 12.3. The van der Waals surface area contributed by atoms with E-state index in [0.717, 1.165) is 12.2 Å². The number of nitrogens with zero attached hydrogens (tertiary/aromatic N) is 2. The van der Waals surface area contributed by atoms with Crippen molar-refractivity contribution in [3.05, 3.63) is 18.1 Å². The van der Waals surface area contributed by atoms with Gasteiger partial charge in [0.25, 0.3) is 0 Å². The molecule has 0 saturated heterocycles.